The molecule has 0 unspecified atom stereocenters. The van der Waals surface area contributed by atoms with Crippen LogP contribution in [0.25, 0.3) is 5.69 Å². The van der Waals surface area contributed by atoms with Crippen LogP contribution >= 0.6 is 0 Å². The fraction of sp³-hybridized carbons (Fsp3) is 0.250. The van der Waals surface area contributed by atoms with E-state index in [9.17, 15) is 4.79 Å². The summed E-state index contributed by atoms with van der Waals surface area (Å²) in [6.45, 7) is 0. The third-order valence-corrected chi connectivity index (χ3v) is 2.66. The highest BCUT2D eigenvalue weighted by Gasteiger charge is 2.24. The second-order valence-corrected chi connectivity index (χ2v) is 4.13. The Labute approximate surface area is 98.4 Å². The number of nitrogens with one attached hydrogen (secondary N) is 1. The van der Waals surface area contributed by atoms with Gasteiger partial charge >= 0.3 is 0 Å². The van der Waals surface area contributed by atoms with Crippen LogP contribution in [0.5, 0.6) is 0 Å². The molecule has 1 N–H and O–H groups in total. The summed E-state index contributed by atoms with van der Waals surface area (Å²) in [4.78, 5) is 11.7. The maximum atomic E-state index is 11.7. The van der Waals surface area contributed by atoms with Crippen LogP contribution in [0, 0.1) is 0 Å². The van der Waals surface area contributed by atoms with Gasteiger partial charge in [-0.2, -0.15) is 0 Å². The van der Waals surface area contributed by atoms with Crippen LogP contribution in [0.1, 0.15) is 23.3 Å². The van der Waals surface area contributed by atoms with E-state index in [1.807, 2.05) is 30.3 Å². The molecular weight excluding hydrogens is 216 g/mol. The summed E-state index contributed by atoms with van der Waals surface area (Å²) in [5.74, 6) is -0.144. The summed E-state index contributed by atoms with van der Waals surface area (Å²) < 4.78 is 1.60. The van der Waals surface area contributed by atoms with Gasteiger partial charge in [-0.25, -0.2) is 4.68 Å². The molecule has 1 saturated carbocycles. The Hall–Kier alpha value is -2.17. The van der Waals surface area contributed by atoms with Crippen LogP contribution in [0.3, 0.4) is 0 Å². The summed E-state index contributed by atoms with van der Waals surface area (Å²) in [7, 11) is 0. The molecule has 1 heterocycles. The van der Waals surface area contributed by atoms with Crippen LogP contribution in [0.15, 0.2) is 36.5 Å². The molecule has 1 aromatic heterocycles. The summed E-state index contributed by atoms with van der Waals surface area (Å²) in [5.41, 5.74) is 1.26. The van der Waals surface area contributed by atoms with Crippen molar-refractivity contribution >= 4 is 5.91 Å². The lowest BCUT2D eigenvalue weighted by molar-refractivity contribution is 0.0946. The molecule has 0 atom stereocenters. The van der Waals surface area contributed by atoms with Gasteiger partial charge in [0.1, 0.15) is 0 Å². The first-order valence-corrected chi connectivity index (χ1v) is 5.61. The van der Waals surface area contributed by atoms with E-state index in [0.29, 0.717) is 11.7 Å². The van der Waals surface area contributed by atoms with Crippen LogP contribution in [-0.2, 0) is 0 Å². The van der Waals surface area contributed by atoms with Crippen molar-refractivity contribution in [2.45, 2.75) is 18.9 Å². The van der Waals surface area contributed by atoms with Crippen LogP contribution in [0.2, 0.25) is 0 Å². The second kappa shape index (κ2) is 4.01. The average molecular weight is 228 g/mol. The van der Waals surface area contributed by atoms with E-state index in [0.717, 1.165) is 18.5 Å². The standard InChI is InChI=1S/C12H12N4O/c17-12(13-9-6-7-9)11-8-16(15-14-11)10-4-2-1-3-5-10/h1-5,8-9H,6-7H2,(H,13,17). The monoisotopic (exact) mass is 228 g/mol. The third-order valence-electron chi connectivity index (χ3n) is 2.66. The fourth-order valence-corrected chi connectivity index (χ4v) is 1.56. The number of hydrogen-bond donors (Lipinski definition) is 1. The number of aromatic nitrogens is 3. The van der Waals surface area contributed by atoms with Crippen LogP contribution in [0.4, 0.5) is 0 Å². The minimum atomic E-state index is -0.144. The lowest BCUT2D eigenvalue weighted by atomic mass is 10.3. The van der Waals surface area contributed by atoms with Crippen LogP contribution in [-0.4, -0.2) is 26.9 Å². The van der Waals surface area contributed by atoms with Gasteiger partial charge in [0.2, 0.25) is 0 Å². The number of carbonyl (C=O) groups is 1. The Bertz CT molecular complexity index is 530. The first-order valence-electron chi connectivity index (χ1n) is 5.61. The summed E-state index contributed by atoms with van der Waals surface area (Å²) in [5, 5.41) is 10.7. The predicted octanol–water partition coefficient (Wildman–Crippen LogP) is 1.16. The highest BCUT2D eigenvalue weighted by Crippen LogP contribution is 2.19. The zero-order valence-corrected chi connectivity index (χ0v) is 9.21. The lowest BCUT2D eigenvalue weighted by Gasteiger charge is -1.98. The van der Waals surface area contributed by atoms with Crippen molar-refractivity contribution in [2.75, 3.05) is 0 Å². The maximum Gasteiger partial charge on any atom is 0.273 e. The fourth-order valence-electron chi connectivity index (χ4n) is 1.56. The predicted molar refractivity (Wildman–Crippen MR) is 61.8 cm³/mol. The number of carbonyl (C=O) groups excluding carboxylic acids is 1. The number of amides is 1. The molecule has 17 heavy (non-hydrogen) atoms. The molecule has 0 spiro atoms. The number of benzene rings is 1. The highest BCUT2D eigenvalue weighted by atomic mass is 16.2. The summed E-state index contributed by atoms with van der Waals surface area (Å²) in [6.07, 6.45) is 3.78. The Morgan fingerprint density at radius 2 is 2.06 bits per heavy atom. The zero-order valence-electron chi connectivity index (χ0n) is 9.21. The molecule has 1 amide bonds. The smallest absolute Gasteiger partial charge is 0.273 e. The van der Waals surface area contributed by atoms with E-state index in [1.165, 1.54) is 0 Å². The molecule has 5 heteroatoms. The van der Waals surface area contributed by atoms with Crippen molar-refractivity contribution in [2.24, 2.45) is 0 Å². The van der Waals surface area contributed by atoms with E-state index in [2.05, 4.69) is 15.6 Å². The molecule has 2 aromatic rings. The van der Waals surface area contributed by atoms with Crippen molar-refractivity contribution < 1.29 is 4.79 Å². The van der Waals surface area contributed by atoms with Gasteiger partial charge in [-0.3, -0.25) is 4.79 Å². The van der Waals surface area contributed by atoms with Gasteiger partial charge in [-0.15, -0.1) is 5.10 Å². The average Bonchev–Trinajstić information content (AvgIpc) is 3.04. The summed E-state index contributed by atoms with van der Waals surface area (Å²) >= 11 is 0. The number of nitrogens with zero attached hydrogens (tertiary/aromatic N) is 3. The SMILES string of the molecule is O=C(NC1CC1)c1cn(-c2ccccc2)nn1. The molecule has 0 bridgehead atoms. The van der Waals surface area contributed by atoms with Crippen LogP contribution < -0.4 is 5.32 Å². The number of hydrogen-bond acceptors (Lipinski definition) is 3. The van der Waals surface area contributed by atoms with Crippen molar-refractivity contribution in [1.29, 1.82) is 0 Å². The van der Waals surface area contributed by atoms with Gasteiger partial charge in [0.15, 0.2) is 5.69 Å². The van der Waals surface area contributed by atoms with Gasteiger partial charge in [0.05, 0.1) is 11.9 Å². The Morgan fingerprint density at radius 3 is 2.76 bits per heavy atom. The molecule has 0 aliphatic heterocycles. The van der Waals surface area contributed by atoms with E-state index in [1.54, 1.807) is 10.9 Å². The molecular formula is C12H12N4O. The largest absolute Gasteiger partial charge is 0.348 e. The van der Waals surface area contributed by atoms with Crippen molar-refractivity contribution in [3.8, 4) is 5.69 Å². The Kier molecular flexibility index (Phi) is 2.36. The lowest BCUT2D eigenvalue weighted by Crippen LogP contribution is -2.25. The van der Waals surface area contributed by atoms with Crippen molar-refractivity contribution in [3.05, 3.63) is 42.2 Å². The Morgan fingerprint density at radius 1 is 1.29 bits per heavy atom. The molecule has 86 valence electrons. The molecule has 0 radical (unpaired) electrons. The first kappa shape index (κ1) is 10.0. The molecule has 1 fully saturated rings. The number of rotatable bonds is 3. The molecule has 5 nitrogen and oxygen atoms in total. The zero-order chi connectivity index (χ0) is 11.7. The van der Waals surface area contributed by atoms with Crippen molar-refractivity contribution in [3.63, 3.8) is 0 Å². The van der Waals surface area contributed by atoms with Gasteiger partial charge in [0.25, 0.3) is 5.91 Å². The third kappa shape index (κ3) is 2.18. The Balaban J connectivity index is 1.80. The summed E-state index contributed by atoms with van der Waals surface area (Å²) in [6, 6.07) is 9.93. The molecule has 1 aromatic carbocycles. The quantitative estimate of drug-likeness (QED) is 0.857. The molecule has 3 rings (SSSR count). The van der Waals surface area contributed by atoms with Gasteiger partial charge in [-0.1, -0.05) is 23.4 Å². The molecule has 0 saturated heterocycles. The minimum Gasteiger partial charge on any atom is -0.348 e. The maximum absolute atomic E-state index is 11.7. The molecule has 1 aliphatic rings. The van der Waals surface area contributed by atoms with Gasteiger partial charge < -0.3 is 5.32 Å². The topological polar surface area (TPSA) is 59.8 Å². The first-order chi connectivity index (χ1) is 8.33. The van der Waals surface area contributed by atoms with E-state index in [-0.39, 0.29) is 5.91 Å². The normalized spacial score (nSPS) is 14.6. The molecule has 1 aliphatic carbocycles. The number of para-hydroxylation sites is 1. The highest BCUT2D eigenvalue weighted by molar-refractivity contribution is 5.92. The van der Waals surface area contributed by atoms with Gasteiger partial charge in [-0.05, 0) is 25.0 Å². The van der Waals surface area contributed by atoms with Gasteiger partial charge in [0, 0.05) is 6.04 Å². The van der Waals surface area contributed by atoms with E-state index >= 15 is 0 Å². The van der Waals surface area contributed by atoms with E-state index in [4.69, 9.17) is 0 Å². The minimum absolute atomic E-state index is 0.144. The second-order valence-electron chi connectivity index (χ2n) is 4.13. The van der Waals surface area contributed by atoms with Crippen molar-refractivity contribution in [1.82, 2.24) is 20.3 Å². The van der Waals surface area contributed by atoms with E-state index < -0.39 is 0 Å².